The third-order valence-corrected chi connectivity index (χ3v) is 2.80. The highest BCUT2D eigenvalue weighted by Crippen LogP contribution is 2.15. The Kier molecular flexibility index (Phi) is 8.59. The normalized spacial score (nSPS) is 11.6. The average molecular weight is 301 g/mol. The molecule has 0 aliphatic heterocycles. The van der Waals surface area contributed by atoms with E-state index in [9.17, 15) is 9.59 Å². The molecule has 0 heterocycles. The van der Waals surface area contributed by atoms with Crippen LogP contribution < -0.4 is 5.32 Å². The van der Waals surface area contributed by atoms with Crippen molar-refractivity contribution in [3.63, 3.8) is 0 Å². The molecule has 1 atom stereocenters. The number of amides is 1. The summed E-state index contributed by atoms with van der Waals surface area (Å²) in [6.45, 7) is 2.71. The largest absolute Gasteiger partial charge is 0.480 e. The molecule has 0 radical (unpaired) electrons. The number of hydrogen-bond acceptors (Lipinski definition) is 3. The van der Waals surface area contributed by atoms with Crippen LogP contribution in [0.2, 0.25) is 0 Å². The number of carboxylic acids is 1. The van der Waals surface area contributed by atoms with Crippen LogP contribution in [0.4, 0.5) is 0 Å². The maximum absolute atomic E-state index is 11.5. The lowest BCUT2D eigenvalue weighted by molar-refractivity contribution is -0.138. The number of aliphatic carboxylic acids is 1. The van der Waals surface area contributed by atoms with Gasteiger partial charge in [0, 0.05) is 6.54 Å². The van der Waals surface area contributed by atoms with E-state index in [2.05, 4.69) is 24.4 Å². The molecule has 1 aromatic rings. The minimum absolute atomic E-state index is 0. The first-order chi connectivity index (χ1) is 8.99. The van der Waals surface area contributed by atoms with Crippen LogP contribution in [-0.4, -0.2) is 48.6 Å². The molecule has 0 spiro atoms. The van der Waals surface area contributed by atoms with Crippen LogP contribution in [0, 0.1) is 0 Å². The van der Waals surface area contributed by atoms with Crippen LogP contribution in [-0.2, 0) is 9.59 Å². The molecule has 0 aliphatic carbocycles. The molecule has 0 saturated carbocycles. The molecule has 0 fully saturated rings. The van der Waals surface area contributed by atoms with Crippen molar-refractivity contribution in [3.05, 3.63) is 35.9 Å². The van der Waals surface area contributed by atoms with Crippen molar-refractivity contribution in [3.8, 4) is 0 Å². The Morgan fingerprint density at radius 3 is 2.45 bits per heavy atom. The van der Waals surface area contributed by atoms with Crippen LogP contribution in [0.25, 0.3) is 0 Å². The minimum Gasteiger partial charge on any atom is -0.480 e. The Morgan fingerprint density at radius 2 is 1.90 bits per heavy atom. The number of rotatable bonds is 7. The predicted molar refractivity (Wildman–Crippen MR) is 80.2 cm³/mol. The van der Waals surface area contributed by atoms with Gasteiger partial charge in [-0.1, -0.05) is 37.3 Å². The molecule has 5 nitrogen and oxygen atoms in total. The molecule has 0 aliphatic rings. The number of halogens is 1. The smallest absolute Gasteiger partial charge is 0.322 e. The Bertz CT molecular complexity index is 426. The van der Waals surface area contributed by atoms with Gasteiger partial charge in [0.2, 0.25) is 5.91 Å². The van der Waals surface area contributed by atoms with Crippen molar-refractivity contribution >= 4 is 24.3 Å². The zero-order valence-corrected chi connectivity index (χ0v) is 12.5. The van der Waals surface area contributed by atoms with E-state index < -0.39 is 5.97 Å². The van der Waals surface area contributed by atoms with Gasteiger partial charge in [-0.3, -0.25) is 14.5 Å². The lowest BCUT2D eigenvalue weighted by Gasteiger charge is -2.21. The van der Waals surface area contributed by atoms with Gasteiger partial charge >= 0.3 is 5.97 Å². The van der Waals surface area contributed by atoms with Crippen molar-refractivity contribution in [2.75, 3.05) is 26.7 Å². The molecule has 6 heteroatoms. The summed E-state index contributed by atoms with van der Waals surface area (Å²) in [7, 11) is 1.85. The molecule has 2 N–H and O–H groups in total. The van der Waals surface area contributed by atoms with E-state index in [4.69, 9.17) is 5.11 Å². The maximum Gasteiger partial charge on any atom is 0.322 e. The fourth-order valence-electron chi connectivity index (χ4n) is 1.89. The molecular formula is C14H21ClN2O3. The Hall–Kier alpha value is -1.59. The zero-order valence-electron chi connectivity index (χ0n) is 11.7. The number of likely N-dealkylation sites (N-methyl/N-ethyl adjacent to an activating group) is 1. The molecule has 0 bridgehead atoms. The molecule has 1 rings (SSSR count). The summed E-state index contributed by atoms with van der Waals surface area (Å²) in [5.41, 5.74) is 1.22. The predicted octanol–water partition coefficient (Wildman–Crippen LogP) is 1.34. The highest BCUT2D eigenvalue weighted by atomic mass is 35.5. The van der Waals surface area contributed by atoms with Crippen LogP contribution >= 0.6 is 12.4 Å². The van der Waals surface area contributed by atoms with Crippen LogP contribution in [0.1, 0.15) is 18.4 Å². The SMILES string of the molecule is CC(CN(C)CC(=O)NCC(=O)O)c1ccccc1.Cl. The first kappa shape index (κ1) is 18.4. The second-order valence-electron chi connectivity index (χ2n) is 4.68. The number of nitrogens with zero attached hydrogens (tertiary/aromatic N) is 1. The van der Waals surface area contributed by atoms with Gasteiger partial charge in [0.25, 0.3) is 0 Å². The first-order valence-corrected chi connectivity index (χ1v) is 6.21. The third kappa shape index (κ3) is 7.11. The van der Waals surface area contributed by atoms with Crippen LogP contribution in [0.15, 0.2) is 30.3 Å². The van der Waals surface area contributed by atoms with Crippen molar-refractivity contribution in [1.82, 2.24) is 10.2 Å². The van der Waals surface area contributed by atoms with Crippen LogP contribution in [0.5, 0.6) is 0 Å². The number of carboxylic acid groups (broad SMARTS) is 1. The standard InChI is InChI=1S/C14H20N2O3.ClH/c1-11(12-6-4-3-5-7-12)9-16(2)10-13(17)15-8-14(18)19;/h3-7,11H,8-10H2,1-2H3,(H,15,17)(H,18,19);1H. The summed E-state index contributed by atoms with van der Waals surface area (Å²) in [5.74, 6) is -0.989. The minimum atomic E-state index is -1.03. The lowest BCUT2D eigenvalue weighted by atomic mass is 10.0. The second kappa shape index (κ2) is 9.34. The number of hydrogen-bond donors (Lipinski definition) is 2. The van der Waals surface area contributed by atoms with Gasteiger partial charge in [-0.05, 0) is 18.5 Å². The molecule has 0 aromatic heterocycles. The Morgan fingerprint density at radius 1 is 1.30 bits per heavy atom. The van der Waals surface area contributed by atoms with E-state index in [0.717, 1.165) is 6.54 Å². The molecular weight excluding hydrogens is 280 g/mol. The molecule has 20 heavy (non-hydrogen) atoms. The van der Waals surface area contributed by atoms with Crippen molar-refractivity contribution in [1.29, 1.82) is 0 Å². The van der Waals surface area contributed by atoms with E-state index in [-0.39, 0.29) is 31.4 Å². The fourth-order valence-corrected chi connectivity index (χ4v) is 1.89. The Balaban J connectivity index is 0.00000361. The van der Waals surface area contributed by atoms with Gasteiger partial charge in [0.1, 0.15) is 6.54 Å². The highest BCUT2D eigenvalue weighted by molar-refractivity contribution is 5.85. The summed E-state index contributed by atoms with van der Waals surface area (Å²) in [6, 6.07) is 10.1. The van der Waals surface area contributed by atoms with E-state index in [1.54, 1.807) is 0 Å². The van der Waals surface area contributed by atoms with Gasteiger partial charge in [0.15, 0.2) is 0 Å². The van der Waals surface area contributed by atoms with Crippen molar-refractivity contribution in [2.45, 2.75) is 12.8 Å². The topological polar surface area (TPSA) is 69.6 Å². The zero-order chi connectivity index (χ0) is 14.3. The number of benzene rings is 1. The van der Waals surface area contributed by atoms with Crippen molar-refractivity contribution < 1.29 is 14.7 Å². The maximum atomic E-state index is 11.5. The monoisotopic (exact) mass is 300 g/mol. The van der Waals surface area contributed by atoms with Gasteiger partial charge in [-0.15, -0.1) is 12.4 Å². The van der Waals surface area contributed by atoms with Crippen molar-refractivity contribution in [2.24, 2.45) is 0 Å². The molecule has 112 valence electrons. The molecule has 0 saturated heterocycles. The lowest BCUT2D eigenvalue weighted by Crippen LogP contribution is -2.38. The fraction of sp³-hybridized carbons (Fsp3) is 0.429. The quantitative estimate of drug-likeness (QED) is 0.797. The summed E-state index contributed by atoms with van der Waals surface area (Å²) in [4.78, 5) is 23.7. The Labute approximate surface area is 125 Å². The van der Waals surface area contributed by atoms with Gasteiger partial charge < -0.3 is 10.4 Å². The molecule has 1 unspecified atom stereocenters. The summed E-state index contributed by atoms with van der Waals surface area (Å²) in [5, 5.41) is 10.8. The number of nitrogens with one attached hydrogen (secondary N) is 1. The molecule has 1 aromatic carbocycles. The summed E-state index contributed by atoms with van der Waals surface area (Å²) < 4.78 is 0. The van der Waals surface area contributed by atoms with E-state index in [1.807, 2.05) is 30.1 Å². The second-order valence-corrected chi connectivity index (χ2v) is 4.68. The van der Waals surface area contributed by atoms with E-state index >= 15 is 0 Å². The highest BCUT2D eigenvalue weighted by Gasteiger charge is 2.12. The van der Waals surface area contributed by atoms with E-state index in [1.165, 1.54) is 5.56 Å². The third-order valence-electron chi connectivity index (χ3n) is 2.80. The number of carbonyl (C=O) groups is 2. The molecule has 1 amide bonds. The first-order valence-electron chi connectivity index (χ1n) is 6.21. The van der Waals surface area contributed by atoms with Gasteiger partial charge in [-0.25, -0.2) is 0 Å². The summed E-state index contributed by atoms with van der Waals surface area (Å²) in [6.07, 6.45) is 0. The van der Waals surface area contributed by atoms with Crippen LogP contribution in [0.3, 0.4) is 0 Å². The number of carbonyl (C=O) groups excluding carboxylic acids is 1. The summed E-state index contributed by atoms with van der Waals surface area (Å²) >= 11 is 0. The van der Waals surface area contributed by atoms with E-state index in [0.29, 0.717) is 5.92 Å². The van der Waals surface area contributed by atoms with Gasteiger partial charge in [-0.2, -0.15) is 0 Å². The average Bonchev–Trinajstić information content (AvgIpc) is 2.37. The van der Waals surface area contributed by atoms with Gasteiger partial charge in [0.05, 0.1) is 6.54 Å².